The summed E-state index contributed by atoms with van der Waals surface area (Å²) >= 11 is 0. The van der Waals surface area contributed by atoms with Gasteiger partial charge in [0.05, 0.1) is 12.5 Å². The van der Waals surface area contributed by atoms with Crippen LogP contribution in [-0.2, 0) is 11.2 Å². The number of Topliss-reactive ketones (excluding diaryl/α,β-unsaturated/α-hetero) is 1. The molecule has 6 heteroatoms. The lowest BCUT2D eigenvalue weighted by molar-refractivity contribution is -0.141. The van der Waals surface area contributed by atoms with Crippen LogP contribution in [0.1, 0.15) is 86.7 Å². The van der Waals surface area contributed by atoms with E-state index in [-0.39, 0.29) is 18.6 Å². The molecule has 0 spiro atoms. The normalized spacial score (nSPS) is 11.8. The van der Waals surface area contributed by atoms with E-state index in [0.29, 0.717) is 17.3 Å². The molecule has 0 saturated carbocycles. The second-order valence-electron chi connectivity index (χ2n) is 11.4. The molecule has 43 heavy (non-hydrogen) atoms. The number of aromatic nitrogens is 2. The van der Waals surface area contributed by atoms with Gasteiger partial charge in [0, 0.05) is 35.5 Å². The zero-order valence-electron chi connectivity index (χ0n) is 25.5. The van der Waals surface area contributed by atoms with Crippen molar-refractivity contribution in [2.24, 2.45) is 5.92 Å². The molecule has 4 aromatic rings. The van der Waals surface area contributed by atoms with Crippen molar-refractivity contribution < 1.29 is 19.4 Å². The fourth-order valence-corrected chi connectivity index (χ4v) is 4.98. The van der Waals surface area contributed by atoms with Gasteiger partial charge >= 0.3 is 5.97 Å². The highest BCUT2D eigenvalue weighted by molar-refractivity contribution is 5.98. The Morgan fingerprint density at radius 3 is 2.00 bits per heavy atom. The molecule has 1 N–H and O–H groups in total. The fourth-order valence-electron chi connectivity index (χ4n) is 4.98. The molecular weight excluding hydrogens is 536 g/mol. The Hall–Kier alpha value is -4.32. The first-order chi connectivity index (χ1) is 20.8. The number of nitrogens with zero attached hydrogens (tertiary/aromatic N) is 2. The number of carbonyl (C=O) groups excluding carboxylic acids is 1. The van der Waals surface area contributed by atoms with Crippen LogP contribution < -0.4 is 4.74 Å². The maximum absolute atomic E-state index is 12.8. The van der Waals surface area contributed by atoms with Crippen LogP contribution in [0.4, 0.5) is 0 Å². The number of unbranched alkanes of at least 4 members (excludes halogenated alkanes) is 4. The molecule has 0 amide bonds. The standard InChI is InChI=1S/C37H42N2O4/c1-4-5-6-7-8-21-43-34-19-17-29(18-20-34)33-24-38-36(39-25-33)31-11-9-27(10-12-31)22-32(37(41)42)23-35(40)30-15-13-28(14-16-30)26(2)3/h9-20,24-26,32H,4-8,21-23H2,1-3H3,(H,41,42)/t32-/m1/s1. The maximum atomic E-state index is 12.8. The highest BCUT2D eigenvalue weighted by Gasteiger charge is 2.23. The highest BCUT2D eigenvalue weighted by atomic mass is 16.5. The molecule has 1 atom stereocenters. The molecule has 0 bridgehead atoms. The number of carboxylic acids is 1. The summed E-state index contributed by atoms with van der Waals surface area (Å²) in [6, 6.07) is 23.0. The Labute approximate surface area is 255 Å². The monoisotopic (exact) mass is 578 g/mol. The van der Waals surface area contributed by atoms with Crippen molar-refractivity contribution in [1.82, 2.24) is 9.97 Å². The van der Waals surface area contributed by atoms with Crippen molar-refractivity contribution in [3.63, 3.8) is 0 Å². The summed E-state index contributed by atoms with van der Waals surface area (Å²) in [7, 11) is 0. The number of hydrogen-bond acceptors (Lipinski definition) is 5. The van der Waals surface area contributed by atoms with Crippen LogP contribution in [0.2, 0.25) is 0 Å². The van der Waals surface area contributed by atoms with Gasteiger partial charge in [-0.2, -0.15) is 0 Å². The smallest absolute Gasteiger partial charge is 0.307 e. The largest absolute Gasteiger partial charge is 0.494 e. The molecule has 0 radical (unpaired) electrons. The molecule has 0 aliphatic carbocycles. The van der Waals surface area contributed by atoms with E-state index in [1.54, 1.807) is 24.5 Å². The summed E-state index contributed by atoms with van der Waals surface area (Å²) in [6.45, 7) is 7.14. The van der Waals surface area contributed by atoms with E-state index in [1.165, 1.54) is 25.7 Å². The van der Waals surface area contributed by atoms with Crippen LogP contribution in [-0.4, -0.2) is 33.4 Å². The van der Waals surface area contributed by atoms with E-state index >= 15 is 0 Å². The number of hydrogen-bond donors (Lipinski definition) is 1. The van der Waals surface area contributed by atoms with E-state index in [0.717, 1.165) is 46.6 Å². The van der Waals surface area contributed by atoms with E-state index in [4.69, 9.17) is 4.74 Å². The first-order valence-electron chi connectivity index (χ1n) is 15.3. The minimum atomic E-state index is -0.975. The number of ketones is 1. The summed E-state index contributed by atoms with van der Waals surface area (Å²) in [5, 5.41) is 9.81. The summed E-state index contributed by atoms with van der Waals surface area (Å²) in [5.74, 6) is -0.111. The average molecular weight is 579 g/mol. The second-order valence-corrected chi connectivity index (χ2v) is 11.4. The summed E-state index contributed by atoms with van der Waals surface area (Å²) in [4.78, 5) is 33.9. The third-order valence-corrected chi connectivity index (χ3v) is 7.73. The van der Waals surface area contributed by atoms with Gasteiger partial charge in [-0.25, -0.2) is 9.97 Å². The van der Waals surface area contributed by atoms with E-state index in [2.05, 4.69) is 30.7 Å². The molecule has 0 fully saturated rings. The Bertz CT molecular complexity index is 1440. The molecule has 224 valence electrons. The van der Waals surface area contributed by atoms with Gasteiger partial charge in [0.15, 0.2) is 11.6 Å². The van der Waals surface area contributed by atoms with Crippen molar-refractivity contribution in [2.45, 2.75) is 71.6 Å². The first-order valence-corrected chi connectivity index (χ1v) is 15.3. The summed E-state index contributed by atoms with van der Waals surface area (Å²) in [5.41, 5.74) is 5.31. The summed E-state index contributed by atoms with van der Waals surface area (Å²) in [6.07, 6.45) is 9.90. The van der Waals surface area contributed by atoms with Crippen LogP contribution in [0, 0.1) is 5.92 Å². The van der Waals surface area contributed by atoms with Gasteiger partial charge in [-0.05, 0) is 47.6 Å². The molecule has 0 aliphatic heterocycles. The molecule has 4 rings (SSSR count). The third kappa shape index (κ3) is 9.34. The molecule has 0 saturated heterocycles. The molecule has 0 unspecified atom stereocenters. The third-order valence-electron chi connectivity index (χ3n) is 7.73. The van der Waals surface area contributed by atoms with Crippen LogP contribution in [0.3, 0.4) is 0 Å². The fraction of sp³-hybridized carbons (Fsp3) is 0.351. The number of carboxylic acid groups (broad SMARTS) is 1. The molecular formula is C37H42N2O4. The second kappa shape index (κ2) is 15.8. The quantitative estimate of drug-likeness (QED) is 0.106. The predicted molar refractivity (Wildman–Crippen MR) is 171 cm³/mol. The van der Waals surface area contributed by atoms with Crippen LogP contribution in [0.5, 0.6) is 5.75 Å². The lowest BCUT2D eigenvalue weighted by Crippen LogP contribution is -2.20. The topological polar surface area (TPSA) is 89.4 Å². The van der Waals surface area contributed by atoms with Gasteiger partial charge in [0.2, 0.25) is 0 Å². The first kappa shape index (κ1) is 31.6. The van der Waals surface area contributed by atoms with E-state index < -0.39 is 11.9 Å². The molecule has 3 aromatic carbocycles. The van der Waals surface area contributed by atoms with Crippen molar-refractivity contribution in [2.75, 3.05) is 6.61 Å². The van der Waals surface area contributed by atoms with Gasteiger partial charge in [-0.3, -0.25) is 9.59 Å². The SMILES string of the molecule is CCCCCCCOc1ccc(-c2cnc(-c3ccc(C[C@H](CC(=O)c4ccc(C(C)C)cc4)C(=O)O)cc3)nc2)cc1. The van der Waals surface area contributed by atoms with Crippen LogP contribution in [0.25, 0.3) is 22.5 Å². The number of aliphatic carboxylic acids is 1. The zero-order valence-corrected chi connectivity index (χ0v) is 25.5. The Balaban J connectivity index is 1.32. The zero-order chi connectivity index (χ0) is 30.6. The Morgan fingerprint density at radius 2 is 1.40 bits per heavy atom. The van der Waals surface area contributed by atoms with Crippen molar-refractivity contribution in [3.05, 3.63) is 102 Å². The van der Waals surface area contributed by atoms with Crippen molar-refractivity contribution in [3.8, 4) is 28.3 Å². The molecule has 1 aromatic heterocycles. The van der Waals surface area contributed by atoms with Gasteiger partial charge in [-0.1, -0.05) is 107 Å². The predicted octanol–water partition coefficient (Wildman–Crippen LogP) is 8.80. The van der Waals surface area contributed by atoms with Crippen molar-refractivity contribution in [1.29, 1.82) is 0 Å². The summed E-state index contributed by atoms with van der Waals surface area (Å²) < 4.78 is 5.87. The van der Waals surface area contributed by atoms with Crippen LogP contribution >= 0.6 is 0 Å². The number of benzene rings is 3. The van der Waals surface area contributed by atoms with E-state index in [9.17, 15) is 14.7 Å². The molecule has 1 heterocycles. The minimum Gasteiger partial charge on any atom is -0.494 e. The number of ether oxygens (including phenoxy) is 1. The lowest BCUT2D eigenvalue weighted by Gasteiger charge is -2.13. The van der Waals surface area contributed by atoms with Gasteiger partial charge < -0.3 is 9.84 Å². The van der Waals surface area contributed by atoms with Crippen molar-refractivity contribution >= 4 is 11.8 Å². The highest BCUT2D eigenvalue weighted by Crippen LogP contribution is 2.25. The Morgan fingerprint density at radius 1 is 0.767 bits per heavy atom. The molecule has 0 aliphatic rings. The lowest BCUT2D eigenvalue weighted by atomic mass is 9.91. The molecule has 6 nitrogen and oxygen atoms in total. The van der Waals surface area contributed by atoms with E-state index in [1.807, 2.05) is 60.7 Å². The average Bonchev–Trinajstić information content (AvgIpc) is 3.03. The maximum Gasteiger partial charge on any atom is 0.307 e. The number of rotatable bonds is 16. The van der Waals surface area contributed by atoms with Gasteiger partial charge in [0.25, 0.3) is 0 Å². The van der Waals surface area contributed by atoms with Gasteiger partial charge in [0.1, 0.15) is 5.75 Å². The van der Waals surface area contributed by atoms with Gasteiger partial charge in [-0.15, -0.1) is 0 Å². The van der Waals surface area contributed by atoms with Crippen LogP contribution in [0.15, 0.2) is 85.2 Å². The Kier molecular flexibility index (Phi) is 11.6. The minimum absolute atomic E-state index is 0.0468. The number of carbonyl (C=O) groups is 2.